The smallest absolute Gasteiger partial charge is 0.276 e. The molecule has 0 aliphatic heterocycles. The molecule has 5 nitrogen and oxygen atoms in total. The van der Waals surface area contributed by atoms with Gasteiger partial charge in [-0.2, -0.15) is 0 Å². The van der Waals surface area contributed by atoms with Crippen molar-refractivity contribution in [1.82, 2.24) is 19.9 Å². The molecule has 1 aromatic carbocycles. The van der Waals surface area contributed by atoms with Crippen LogP contribution in [0.4, 0.5) is 0 Å². The number of amides is 1. The normalized spacial score (nSPS) is 10.5. The monoisotopic (exact) mass is 278 g/mol. The molecule has 2 aromatic rings. The molecular formula is C13H15ClN4O. The van der Waals surface area contributed by atoms with Crippen LogP contribution in [0.3, 0.4) is 0 Å². The van der Waals surface area contributed by atoms with E-state index in [0.717, 1.165) is 5.56 Å². The molecule has 0 spiro atoms. The molecule has 0 aliphatic carbocycles. The summed E-state index contributed by atoms with van der Waals surface area (Å²) in [5.74, 6) is -0.144. The van der Waals surface area contributed by atoms with Gasteiger partial charge in [0.1, 0.15) is 0 Å². The second kappa shape index (κ2) is 5.84. The third-order valence-electron chi connectivity index (χ3n) is 2.76. The fraction of sp³-hybridized carbons (Fsp3) is 0.308. The van der Waals surface area contributed by atoms with Crippen LogP contribution < -0.4 is 0 Å². The first-order valence-corrected chi connectivity index (χ1v) is 6.38. The summed E-state index contributed by atoms with van der Waals surface area (Å²) >= 11 is 5.82. The van der Waals surface area contributed by atoms with Crippen LogP contribution in [0.25, 0.3) is 0 Å². The largest absolute Gasteiger partial charge is 0.336 e. The molecule has 0 N–H and O–H groups in total. The first-order valence-electron chi connectivity index (χ1n) is 6.00. The Balaban J connectivity index is 2.04. The molecule has 0 aliphatic rings. The van der Waals surface area contributed by atoms with Gasteiger partial charge >= 0.3 is 0 Å². The van der Waals surface area contributed by atoms with Crippen LogP contribution in [-0.4, -0.2) is 32.8 Å². The molecule has 0 radical (unpaired) electrons. The Morgan fingerprint density at radius 1 is 1.37 bits per heavy atom. The predicted octanol–water partition coefficient (Wildman–Crippen LogP) is 2.22. The average molecular weight is 279 g/mol. The minimum absolute atomic E-state index is 0.144. The lowest BCUT2D eigenvalue weighted by Gasteiger charge is -2.15. The van der Waals surface area contributed by atoms with Crippen molar-refractivity contribution in [2.45, 2.75) is 20.0 Å². The van der Waals surface area contributed by atoms with Crippen LogP contribution in [0.15, 0.2) is 30.5 Å². The number of hydrogen-bond donors (Lipinski definition) is 0. The number of benzene rings is 1. The van der Waals surface area contributed by atoms with Gasteiger partial charge in [-0.25, -0.2) is 0 Å². The van der Waals surface area contributed by atoms with E-state index in [-0.39, 0.29) is 5.91 Å². The van der Waals surface area contributed by atoms with E-state index in [1.54, 1.807) is 22.8 Å². The summed E-state index contributed by atoms with van der Waals surface area (Å²) in [4.78, 5) is 13.7. The fourth-order valence-corrected chi connectivity index (χ4v) is 1.81. The number of hydrogen-bond acceptors (Lipinski definition) is 3. The molecule has 1 heterocycles. The van der Waals surface area contributed by atoms with Crippen molar-refractivity contribution >= 4 is 17.5 Å². The first kappa shape index (κ1) is 13.5. The van der Waals surface area contributed by atoms with E-state index >= 15 is 0 Å². The highest BCUT2D eigenvalue weighted by Gasteiger charge is 2.15. The van der Waals surface area contributed by atoms with Gasteiger partial charge in [0.2, 0.25) is 0 Å². The van der Waals surface area contributed by atoms with Gasteiger partial charge in [-0.15, -0.1) is 5.10 Å². The molecule has 0 fully saturated rings. The van der Waals surface area contributed by atoms with Crippen molar-refractivity contribution in [3.8, 4) is 0 Å². The summed E-state index contributed by atoms with van der Waals surface area (Å²) < 4.78 is 1.63. The molecule has 1 aromatic heterocycles. The number of aromatic nitrogens is 3. The van der Waals surface area contributed by atoms with Crippen molar-refractivity contribution in [3.05, 3.63) is 46.7 Å². The van der Waals surface area contributed by atoms with Crippen LogP contribution in [0.2, 0.25) is 5.02 Å². The maximum absolute atomic E-state index is 12.1. The Labute approximate surface area is 116 Å². The summed E-state index contributed by atoms with van der Waals surface area (Å²) in [6.45, 7) is 3.15. The Morgan fingerprint density at radius 3 is 2.63 bits per heavy atom. The predicted molar refractivity (Wildman–Crippen MR) is 72.9 cm³/mol. The Hall–Kier alpha value is -1.88. The lowest BCUT2D eigenvalue weighted by atomic mass is 10.2. The van der Waals surface area contributed by atoms with E-state index in [9.17, 15) is 4.79 Å². The van der Waals surface area contributed by atoms with Crippen LogP contribution >= 0.6 is 11.6 Å². The number of rotatable bonds is 4. The summed E-state index contributed by atoms with van der Waals surface area (Å²) in [6.07, 6.45) is 1.65. The zero-order chi connectivity index (χ0) is 13.8. The molecule has 1 amide bonds. The quantitative estimate of drug-likeness (QED) is 0.862. The van der Waals surface area contributed by atoms with E-state index < -0.39 is 0 Å². The number of aryl methyl sites for hydroxylation is 1. The van der Waals surface area contributed by atoms with Gasteiger partial charge in [0.25, 0.3) is 5.91 Å². The zero-order valence-electron chi connectivity index (χ0n) is 10.9. The molecular weight excluding hydrogens is 264 g/mol. The topological polar surface area (TPSA) is 51.0 Å². The van der Waals surface area contributed by atoms with Crippen molar-refractivity contribution in [2.75, 3.05) is 7.05 Å². The number of nitrogens with zero attached hydrogens (tertiary/aromatic N) is 4. The van der Waals surface area contributed by atoms with E-state index in [2.05, 4.69) is 10.3 Å². The highest BCUT2D eigenvalue weighted by atomic mass is 35.5. The fourth-order valence-electron chi connectivity index (χ4n) is 1.68. The van der Waals surface area contributed by atoms with Gasteiger partial charge in [0, 0.05) is 25.2 Å². The van der Waals surface area contributed by atoms with Crippen LogP contribution in [0, 0.1) is 0 Å². The maximum atomic E-state index is 12.1. The number of carbonyl (C=O) groups is 1. The van der Waals surface area contributed by atoms with E-state index in [1.165, 1.54) is 0 Å². The lowest BCUT2D eigenvalue weighted by Crippen LogP contribution is -2.26. The zero-order valence-corrected chi connectivity index (χ0v) is 11.6. The minimum atomic E-state index is -0.144. The molecule has 0 saturated carbocycles. The highest BCUT2D eigenvalue weighted by molar-refractivity contribution is 6.30. The molecule has 6 heteroatoms. The summed E-state index contributed by atoms with van der Waals surface area (Å²) in [6, 6.07) is 7.41. The maximum Gasteiger partial charge on any atom is 0.276 e. The van der Waals surface area contributed by atoms with E-state index in [4.69, 9.17) is 11.6 Å². The first-order chi connectivity index (χ1) is 9.10. The van der Waals surface area contributed by atoms with Crippen LogP contribution in [0.5, 0.6) is 0 Å². The third kappa shape index (κ3) is 3.32. The Morgan fingerprint density at radius 2 is 2.05 bits per heavy atom. The molecule has 19 heavy (non-hydrogen) atoms. The Kier molecular flexibility index (Phi) is 4.16. The summed E-state index contributed by atoms with van der Waals surface area (Å²) in [5.41, 5.74) is 1.38. The molecule has 0 bridgehead atoms. The third-order valence-corrected chi connectivity index (χ3v) is 3.01. The van der Waals surface area contributed by atoms with Gasteiger partial charge in [0.15, 0.2) is 5.69 Å². The SMILES string of the molecule is CCn1cc(C(=O)N(C)Cc2ccc(Cl)cc2)nn1. The molecule has 0 saturated heterocycles. The minimum Gasteiger partial charge on any atom is -0.336 e. The van der Waals surface area contributed by atoms with Crippen LogP contribution in [-0.2, 0) is 13.1 Å². The van der Waals surface area contributed by atoms with Crippen molar-refractivity contribution < 1.29 is 4.79 Å². The van der Waals surface area contributed by atoms with Gasteiger partial charge in [-0.05, 0) is 24.6 Å². The average Bonchev–Trinajstić information content (AvgIpc) is 2.89. The lowest BCUT2D eigenvalue weighted by molar-refractivity contribution is 0.0779. The Bertz CT molecular complexity index is 564. The number of halogens is 1. The standard InChI is InChI=1S/C13H15ClN4O/c1-3-18-9-12(15-16-18)13(19)17(2)8-10-4-6-11(14)7-5-10/h4-7,9H,3,8H2,1-2H3. The summed E-state index contributed by atoms with van der Waals surface area (Å²) in [5, 5.41) is 8.41. The van der Waals surface area contributed by atoms with Crippen molar-refractivity contribution in [2.24, 2.45) is 0 Å². The molecule has 0 atom stereocenters. The van der Waals surface area contributed by atoms with Crippen molar-refractivity contribution in [1.29, 1.82) is 0 Å². The van der Waals surface area contributed by atoms with E-state index in [0.29, 0.717) is 23.8 Å². The number of carbonyl (C=O) groups excluding carboxylic acids is 1. The molecule has 0 unspecified atom stereocenters. The van der Waals surface area contributed by atoms with Gasteiger partial charge in [0.05, 0.1) is 6.20 Å². The molecule has 100 valence electrons. The van der Waals surface area contributed by atoms with Crippen molar-refractivity contribution in [3.63, 3.8) is 0 Å². The highest BCUT2D eigenvalue weighted by Crippen LogP contribution is 2.11. The van der Waals surface area contributed by atoms with Crippen LogP contribution in [0.1, 0.15) is 23.0 Å². The van der Waals surface area contributed by atoms with E-state index in [1.807, 2.05) is 31.2 Å². The molecule has 2 rings (SSSR count). The second-order valence-electron chi connectivity index (χ2n) is 4.25. The van der Waals surface area contributed by atoms with Gasteiger partial charge in [-0.3, -0.25) is 9.48 Å². The second-order valence-corrected chi connectivity index (χ2v) is 4.68. The summed E-state index contributed by atoms with van der Waals surface area (Å²) in [7, 11) is 1.74. The van der Waals surface area contributed by atoms with Gasteiger partial charge < -0.3 is 4.90 Å². The van der Waals surface area contributed by atoms with Gasteiger partial charge in [-0.1, -0.05) is 28.9 Å².